The van der Waals surface area contributed by atoms with Crippen molar-refractivity contribution in [2.24, 2.45) is 0 Å². The summed E-state index contributed by atoms with van der Waals surface area (Å²) in [4.78, 5) is 23.1. The van der Waals surface area contributed by atoms with Gasteiger partial charge >= 0.3 is 5.97 Å². The van der Waals surface area contributed by atoms with Gasteiger partial charge in [0.05, 0.1) is 35.0 Å². The number of hydrogen-bond donors (Lipinski definition) is 2. The number of nitrogens with one attached hydrogen (secondary N) is 1. The van der Waals surface area contributed by atoms with E-state index in [0.29, 0.717) is 22.3 Å². The van der Waals surface area contributed by atoms with E-state index in [1.165, 1.54) is 23.1 Å². The average molecular weight is 408 g/mol. The maximum Gasteiger partial charge on any atom is 0.354 e. The summed E-state index contributed by atoms with van der Waals surface area (Å²) in [6.07, 6.45) is 4.69. The normalized spacial score (nSPS) is 10.7. The van der Waals surface area contributed by atoms with Crippen LogP contribution in [0.4, 0.5) is 5.69 Å². The minimum atomic E-state index is -1.09. The van der Waals surface area contributed by atoms with E-state index < -0.39 is 5.97 Å². The van der Waals surface area contributed by atoms with E-state index in [-0.39, 0.29) is 24.6 Å². The van der Waals surface area contributed by atoms with Gasteiger partial charge in [-0.2, -0.15) is 10.2 Å². The van der Waals surface area contributed by atoms with Crippen LogP contribution in [0.5, 0.6) is 0 Å². The number of amides is 1. The van der Waals surface area contributed by atoms with Gasteiger partial charge in [-0.25, -0.2) is 4.79 Å². The van der Waals surface area contributed by atoms with E-state index in [0.717, 1.165) is 5.56 Å². The van der Waals surface area contributed by atoms with Crippen molar-refractivity contribution < 1.29 is 14.7 Å². The second-order valence-corrected chi connectivity index (χ2v) is 6.53. The minimum Gasteiger partial charge on any atom is -0.477 e. The molecule has 0 saturated carbocycles. The highest BCUT2D eigenvalue weighted by atomic mass is 35.5. The third-order valence-electron chi connectivity index (χ3n) is 3.73. The largest absolute Gasteiger partial charge is 0.477 e. The van der Waals surface area contributed by atoms with Crippen LogP contribution in [0, 0.1) is 0 Å². The highest BCUT2D eigenvalue weighted by Crippen LogP contribution is 2.23. The number of carbonyl (C=O) groups excluding carboxylic acids is 1. The van der Waals surface area contributed by atoms with Gasteiger partial charge in [-0.3, -0.25) is 14.2 Å². The van der Waals surface area contributed by atoms with Crippen LogP contribution in [0.15, 0.2) is 42.9 Å². The first-order valence-corrected chi connectivity index (χ1v) is 8.69. The van der Waals surface area contributed by atoms with Gasteiger partial charge in [0, 0.05) is 18.8 Å². The summed E-state index contributed by atoms with van der Waals surface area (Å²) >= 11 is 11.9. The number of aromatic carboxylic acids is 1. The zero-order valence-electron chi connectivity index (χ0n) is 14.0. The molecule has 8 nitrogen and oxygen atoms in total. The minimum absolute atomic E-state index is 0.0391. The fourth-order valence-electron chi connectivity index (χ4n) is 2.46. The number of halogens is 2. The van der Waals surface area contributed by atoms with Gasteiger partial charge < -0.3 is 10.4 Å². The molecule has 3 rings (SSSR count). The zero-order chi connectivity index (χ0) is 19.4. The van der Waals surface area contributed by atoms with Crippen LogP contribution in [0.25, 0.3) is 0 Å². The van der Waals surface area contributed by atoms with E-state index >= 15 is 0 Å². The van der Waals surface area contributed by atoms with Crippen molar-refractivity contribution >= 4 is 40.8 Å². The Hall–Kier alpha value is -2.84. The Morgan fingerprint density at radius 3 is 2.70 bits per heavy atom. The number of anilines is 1. The number of carboxylic acid groups (broad SMARTS) is 1. The molecule has 2 N–H and O–H groups in total. The van der Waals surface area contributed by atoms with Crippen molar-refractivity contribution in [2.45, 2.75) is 19.5 Å². The number of aromatic nitrogens is 4. The number of nitrogens with zero attached hydrogens (tertiary/aromatic N) is 4. The molecule has 0 atom stereocenters. The lowest BCUT2D eigenvalue weighted by molar-refractivity contribution is -0.116. The second kappa shape index (κ2) is 8.24. The van der Waals surface area contributed by atoms with Crippen molar-refractivity contribution in [3.05, 3.63) is 64.2 Å². The zero-order valence-corrected chi connectivity index (χ0v) is 15.5. The average Bonchev–Trinajstić information content (AvgIpc) is 3.26. The third kappa shape index (κ3) is 4.87. The Balaban J connectivity index is 1.55. The van der Waals surface area contributed by atoms with Crippen LogP contribution >= 0.6 is 23.2 Å². The quantitative estimate of drug-likeness (QED) is 0.625. The van der Waals surface area contributed by atoms with E-state index in [2.05, 4.69) is 15.5 Å². The van der Waals surface area contributed by atoms with Gasteiger partial charge in [-0.1, -0.05) is 29.3 Å². The smallest absolute Gasteiger partial charge is 0.354 e. The van der Waals surface area contributed by atoms with Crippen molar-refractivity contribution in [1.82, 2.24) is 19.6 Å². The number of rotatable bonds is 7. The Kier molecular flexibility index (Phi) is 5.78. The van der Waals surface area contributed by atoms with Crippen LogP contribution in [0.2, 0.25) is 10.0 Å². The second-order valence-electron chi connectivity index (χ2n) is 5.72. The molecule has 10 heteroatoms. The molecule has 0 aliphatic rings. The highest BCUT2D eigenvalue weighted by Gasteiger charge is 2.12. The molecule has 0 fully saturated rings. The molecule has 0 aliphatic heterocycles. The third-order valence-corrected chi connectivity index (χ3v) is 4.47. The molecule has 27 heavy (non-hydrogen) atoms. The van der Waals surface area contributed by atoms with Crippen LogP contribution in [0.3, 0.4) is 0 Å². The summed E-state index contributed by atoms with van der Waals surface area (Å²) in [6, 6.07) is 6.70. The maximum atomic E-state index is 12.1. The Morgan fingerprint density at radius 1 is 1.15 bits per heavy atom. The summed E-state index contributed by atoms with van der Waals surface area (Å²) in [5.74, 6) is -1.35. The predicted molar refractivity (Wildman–Crippen MR) is 100 cm³/mol. The van der Waals surface area contributed by atoms with E-state index in [1.807, 2.05) is 6.07 Å². The molecule has 1 aromatic carbocycles. The fourth-order valence-corrected chi connectivity index (χ4v) is 2.78. The number of benzene rings is 1. The summed E-state index contributed by atoms with van der Waals surface area (Å²) in [5.41, 5.74) is 1.50. The SMILES string of the molecule is O=C(CCn1nccc1C(=O)O)Nc1cnn(Cc2ccc(Cl)c(Cl)c2)c1. The van der Waals surface area contributed by atoms with Gasteiger partial charge in [-0.15, -0.1) is 0 Å². The first-order chi connectivity index (χ1) is 12.9. The molecule has 0 radical (unpaired) electrons. The molecule has 2 aromatic heterocycles. The lowest BCUT2D eigenvalue weighted by Crippen LogP contribution is -2.17. The first kappa shape index (κ1) is 18.9. The molecule has 3 aromatic rings. The summed E-state index contributed by atoms with van der Waals surface area (Å²) < 4.78 is 2.93. The number of carbonyl (C=O) groups is 2. The molecular weight excluding hydrogens is 393 g/mol. The van der Waals surface area contributed by atoms with Gasteiger partial charge in [0.1, 0.15) is 5.69 Å². The number of hydrogen-bond acceptors (Lipinski definition) is 4. The molecule has 1 amide bonds. The highest BCUT2D eigenvalue weighted by molar-refractivity contribution is 6.42. The lowest BCUT2D eigenvalue weighted by Gasteiger charge is -2.05. The maximum absolute atomic E-state index is 12.1. The van der Waals surface area contributed by atoms with Gasteiger partial charge in [0.15, 0.2) is 0 Å². The van der Waals surface area contributed by atoms with E-state index in [9.17, 15) is 9.59 Å². The molecule has 0 unspecified atom stereocenters. The van der Waals surface area contributed by atoms with E-state index in [1.54, 1.807) is 23.0 Å². The van der Waals surface area contributed by atoms with Crippen molar-refractivity contribution in [2.75, 3.05) is 5.32 Å². The Morgan fingerprint density at radius 2 is 1.96 bits per heavy atom. The van der Waals surface area contributed by atoms with Gasteiger partial charge in [0.2, 0.25) is 5.91 Å². The number of carboxylic acids is 1. The predicted octanol–water partition coefficient (Wildman–Crippen LogP) is 3.16. The van der Waals surface area contributed by atoms with Gasteiger partial charge in [0.25, 0.3) is 0 Å². The Labute approximate surface area is 164 Å². The summed E-state index contributed by atoms with van der Waals surface area (Å²) in [7, 11) is 0. The number of aryl methyl sites for hydroxylation is 1. The van der Waals surface area contributed by atoms with Crippen molar-refractivity contribution in [3.63, 3.8) is 0 Å². The first-order valence-electron chi connectivity index (χ1n) is 7.93. The molecule has 0 spiro atoms. The monoisotopic (exact) mass is 407 g/mol. The summed E-state index contributed by atoms with van der Waals surface area (Å²) in [6.45, 7) is 0.639. The molecule has 0 aliphatic carbocycles. The van der Waals surface area contributed by atoms with Crippen LogP contribution in [-0.4, -0.2) is 36.5 Å². The molecular formula is C17H15Cl2N5O3. The fraction of sp³-hybridized carbons (Fsp3) is 0.176. The van der Waals surface area contributed by atoms with Crippen molar-refractivity contribution in [1.29, 1.82) is 0 Å². The molecule has 140 valence electrons. The molecule has 0 bridgehead atoms. The molecule has 2 heterocycles. The topological polar surface area (TPSA) is 102 Å². The van der Waals surface area contributed by atoms with Crippen LogP contribution in [-0.2, 0) is 17.9 Å². The Bertz CT molecular complexity index is 983. The van der Waals surface area contributed by atoms with Crippen LogP contribution in [0.1, 0.15) is 22.5 Å². The molecule has 0 saturated heterocycles. The summed E-state index contributed by atoms with van der Waals surface area (Å²) in [5, 5.41) is 20.8. The van der Waals surface area contributed by atoms with Crippen molar-refractivity contribution in [3.8, 4) is 0 Å². The van der Waals surface area contributed by atoms with E-state index in [4.69, 9.17) is 28.3 Å². The van der Waals surface area contributed by atoms with Gasteiger partial charge in [-0.05, 0) is 23.8 Å². The lowest BCUT2D eigenvalue weighted by atomic mass is 10.2. The standard InChI is InChI=1S/C17H15Cl2N5O3/c18-13-2-1-11(7-14(13)19)9-23-10-12(8-21-23)22-16(25)4-6-24-15(17(26)27)3-5-20-24/h1-3,5,7-8,10H,4,6,9H2,(H,22,25)(H,26,27). The van der Waals surface area contributed by atoms with Crippen LogP contribution < -0.4 is 5.32 Å².